The van der Waals surface area contributed by atoms with Gasteiger partial charge in [0, 0.05) is 25.0 Å². The van der Waals surface area contributed by atoms with Gasteiger partial charge in [0.15, 0.2) is 0 Å². The first-order valence-corrected chi connectivity index (χ1v) is 5.46. The molecule has 0 N–H and O–H groups in total. The molecule has 4 nitrogen and oxygen atoms in total. The summed E-state index contributed by atoms with van der Waals surface area (Å²) in [6.07, 6.45) is 0. The van der Waals surface area contributed by atoms with Crippen molar-refractivity contribution in [3.8, 4) is 5.88 Å². The Bertz CT molecular complexity index is 306. The van der Waals surface area contributed by atoms with E-state index in [4.69, 9.17) is 4.74 Å². The second-order valence-electron chi connectivity index (χ2n) is 2.93. The SMILES string of the molecule is COc1cc(N(C)CCBr)nc(C)n1. The van der Waals surface area contributed by atoms with Crippen molar-refractivity contribution in [2.75, 3.05) is 30.9 Å². The number of aryl methyl sites for hydroxylation is 1. The Morgan fingerprint density at radius 3 is 2.79 bits per heavy atom. The van der Waals surface area contributed by atoms with Gasteiger partial charge in [0.25, 0.3) is 0 Å². The number of methoxy groups -OCH3 is 1. The summed E-state index contributed by atoms with van der Waals surface area (Å²) >= 11 is 3.39. The fourth-order valence-electron chi connectivity index (χ4n) is 1.07. The van der Waals surface area contributed by atoms with Crippen molar-refractivity contribution in [3.05, 3.63) is 11.9 Å². The molecule has 1 heterocycles. The van der Waals surface area contributed by atoms with E-state index in [-0.39, 0.29) is 0 Å². The first-order valence-electron chi connectivity index (χ1n) is 4.34. The largest absolute Gasteiger partial charge is 0.481 e. The Balaban J connectivity index is 2.90. The van der Waals surface area contributed by atoms with E-state index in [0.717, 1.165) is 23.5 Å². The monoisotopic (exact) mass is 259 g/mol. The van der Waals surface area contributed by atoms with Crippen LogP contribution >= 0.6 is 15.9 Å². The van der Waals surface area contributed by atoms with Gasteiger partial charge in [-0.2, -0.15) is 4.98 Å². The van der Waals surface area contributed by atoms with Gasteiger partial charge < -0.3 is 9.64 Å². The van der Waals surface area contributed by atoms with Crippen LogP contribution in [0.2, 0.25) is 0 Å². The lowest BCUT2D eigenvalue weighted by Crippen LogP contribution is -2.21. The van der Waals surface area contributed by atoms with Gasteiger partial charge in [-0.15, -0.1) is 0 Å². The topological polar surface area (TPSA) is 38.2 Å². The third-order valence-corrected chi connectivity index (χ3v) is 2.18. The fraction of sp³-hybridized carbons (Fsp3) is 0.556. The van der Waals surface area contributed by atoms with Crippen molar-refractivity contribution in [1.82, 2.24) is 9.97 Å². The molecule has 0 unspecified atom stereocenters. The minimum absolute atomic E-state index is 0.605. The second kappa shape index (κ2) is 5.14. The van der Waals surface area contributed by atoms with E-state index in [1.165, 1.54) is 0 Å². The lowest BCUT2D eigenvalue weighted by atomic mass is 10.4. The van der Waals surface area contributed by atoms with Gasteiger partial charge in [-0.3, -0.25) is 0 Å². The highest BCUT2D eigenvalue weighted by molar-refractivity contribution is 9.09. The van der Waals surface area contributed by atoms with Crippen LogP contribution in [0.25, 0.3) is 0 Å². The normalized spacial score (nSPS) is 10.0. The molecule has 78 valence electrons. The highest BCUT2D eigenvalue weighted by Crippen LogP contribution is 2.15. The van der Waals surface area contributed by atoms with E-state index >= 15 is 0 Å². The van der Waals surface area contributed by atoms with Crippen LogP contribution in [-0.4, -0.2) is 36.0 Å². The molecule has 14 heavy (non-hydrogen) atoms. The van der Waals surface area contributed by atoms with Gasteiger partial charge in [0.1, 0.15) is 11.6 Å². The quantitative estimate of drug-likeness (QED) is 0.771. The number of aromatic nitrogens is 2. The van der Waals surface area contributed by atoms with Crippen LogP contribution in [0.4, 0.5) is 5.82 Å². The van der Waals surface area contributed by atoms with Gasteiger partial charge in [-0.1, -0.05) is 15.9 Å². The molecule has 0 amide bonds. The third kappa shape index (κ3) is 2.83. The molecule has 5 heteroatoms. The fourth-order valence-corrected chi connectivity index (χ4v) is 1.60. The average Bonchev–Trinajstić information content (AvgIpc) is 2.17. The zero-order valence-corrected chi connectivity index (χ0v) is 10.2. The number of nitrogens with zero attached hydrogens (tertiary/aromatic N) is 3. The summed E-state index contributed by atoms with van der Waals surface area (Å²) in [6.45, 7) is 2.76. The molecule has 0 radical (unpaired) electrons. The molecule has 0 spiro atoms. The predicted octanol–water partition coefficient (Wildman–Crippen LogP) is 1.62. The summed E-state index contributed by atoms with van der Waals surface area (Å²) in [5, 5.41) is 0.912. The molecule has 0 fully saturated rings. The highest BCUT2D eigenvalue weighted by Gasteiger charge is 2.05. The average molecular weight is 260 g/mol. The first kappa shape index (κ1) is 11.2. The van der Waals surface area contributed by atoms with Crippen molar-refractivity contribution in [1.29, 1.82) is 0 Å². The second-order valence-corrected chi connectivity index (χ2v) is 3.72. The van der Waals surface area contributed by atoms with Gasteiger partial charge >= 0.3 is 0 Å². The van der Waals surface area contributed by atoms with E-state index in [1.807, 2.05) is 24.9 Å². The van der Waals surface area contributed by atoms with E-state index in [9.17, 15) is 0 Å². The zero-order valence-electron chi connectivity index (χ0n) is 8.62. The minimum Gasteiger partial charge on any atom is -0.481 e. The van der Waals surface area contributed by atoms with Crippen LogP contribution in [0, 0.1) is 6.92 Å². The number of ether oxygens (including phenoxy) is 1. The van der Waals surface area contributed by atoms with Crippen LogP contribution in [0.3, 0.4) is 0 Å². The molecule has 0 bridgehead atoms. The van der Waals surface area contributed by atoms with Crippen LogP contribution in [-0.2, 0) is 0 Å². The summed E-state index contributed by atoms with van der Waals surface area (Å²) in [5.41, 5.74) is 0. The Hall–Kier alpha value is -0.840. The Kier molecular flexibility index (Phi) is 4.13. The Morgan fingerprint density at radius 2 is 2.21 bits per heavy atom. The van der Waals surface area contributed by atoms with Gasteiger partial charge in [-0.05, 0) is 6.92 Å². The van der Waals surface area contributed by atoms with Crippen molar-refractivity contribution in [2.45, 2.75) is 6.92 Å². The third-order valence-electron chi connectivity index (χ3n) is 1.82. The van der Waals surface area contributed by atoms with E-state index in [2.05, 4.69) is 25.9 Å². The number of rotatable bonds is 4. The number of anilines is 1. The maximum absolute atomic E-state index is 5.07. The molecule has 0 aliphatic heterocycles. The van der Waals surface area contributed by atoms with Crippen molar-refractivity contribution in [2.24, 2.45) is 0 Å². The first-order chi connectivity index (χ1) is 6.67. The predicted molar refractivity (Wildman–Crippen MR) is 60.4 cm³/mol. The molecule has 0 aromatic carbocycles. The zero-order chi connectivity index (χ0) is 10.6. The minimum atomic E-state index is 0.605. The standard InChI is InChI=1S/C9H14BrN3O/c1-7-11-8(13(2)5-4-10)6-9(12-7)14-3/h6H,4-5H2,1-3H3. The van der Waals surface area contributed by atoms with Crippen LogP contribution in [0.5, 0.6) is 5.88 Å². The molecule has 0 aliphatic rings. The maximum Gasteiger partial charge on any atom is 0.218 e. The molecule has 1 rings (SSSR count). The number of hydrogen-bond donors (Lipinski definition) is 0. The van der Waals surface area contributed by atoms with E-state index < -0.39 is 0 Å². The van der Waals surface area contributed by atoms with Gasteiger partial charge in [0.05, 0.1) is 7.11 Å². The molecular weight excluding hydrogens is 246 g/mol. The maximum atomic E-state index is 5.07. The molecule has 0 saturated heterocycles. The lowest BCUT2D eigenvalue weighted by Gasteiger charge is -2.17. The van der Waals surface area contributed by atoms with Crippen molar-refractivity contribution >= 4 is 21.7 Å². The summed E-state index contributed by atoms with van der Waals surface area (Å²) in [6, 6.07) is 1.83. The number of hydrogen-bond acceptors (Lipinski definition) is 4. The van der Waals surface area contributed by atoms with Gasteiger partial charge in [-0.25, -0.2) is 4.98 Å². The molecule has 1 aromatic rings. The van der Waals surface area contributed by atoms with Crippen LogP contribution < -0.4 is 9.64 Å². The summed E-state index contributed by atoms with van der Waals surface area (Å²) < 4.78 is 5.07. The number of alkyl halides is 1. The summed E-state index contributed by atoms with van der Waals surface area (Å²) in [5.74, 6) is 2.21. The number of halogens is 1. The highest BCUT2D eigenvalue weighted by atomic mass is 79.9. The smallest absolute Gasteiger partial charge is 0.218 e. The summed E-state index contributed by atoms with van der Waals surface area (Å²) in [4.78, 5) is 10.5. The Labute approximate surface area is 92.4 Å². The van der Waals surface area contributed by atoms with Crippen molar-refractivity contribution in [3.63, 3.8) is 0 Å². The molecule has 0 aliphatic carbocycles. The van der Waals surface area contributed by atoms with Gasteiger partial charge in [0.2, 0.25) is 5.88 Å². The molecule has 0 saturated carbocycles. The molecule has 1 aromatic heterocycles. The lowest BCUT2D eigenvalue weighted by molar-refractivity contribution is 0.395. The summed E-state index contributed by atoms with van der Waals surface area (Å²) in [7, 11) is 3.60. The van der Waals surface area contributed by atoms with Crippen LogP contribution in [0.15, 0.2) is 6.07 Å². The van der Waals surface area contributed by atoms with Crippen molar-refractivity contribution < 1.29 is 4.74 Å². The Morgan fingerprint density at radius 1 is 1.50 bits per heavy atom. The molecular formula is C9H14BrN3O. The van der Waals surface area contributed by atoms with E-state index in [0.29, 0.717) is 5.88 Å². The van der Waals surface area contributed by atoms with Crippen LogP contribution in [0.1, 0.15) is 5.82 Å². The van der Waals surface area contributed by atoms with E-state index in [1.54, 1.807) is 7.11 Å². The molecule has 0 atom stereocenters.